The van der Waals surface area contributed by atoms with E-state index in [1.54, 1.807) is 13.0 Å². The minimum absolute atomic E-state index is 0.235. The van der Waals surface area contributed by atoms with Crippen molar-refractivity contribution in [2.24, 2.45) is 5.73 Å². The van der Waals surface area contributed by atoms with Crippen LogP contribution in [0.5, 0.6) is 0 Å². The lowest BCUT2D eigenvalue weighted by Gasteiger charge is -2.16. The molecule has 0 radical (unpaired) electrons. The van der Waals surface area contributed by atoms with Crippen LogP contribution in [0.3, 0.4) is 0 Å². The molecule has 21 heavy (non-hydrogen) atoms. The van der Waals surface area contributed by atoms with Crippen LogP contribution in [0, 0.1) is 12.7 Å². The quantitative estimate of drug-likeness (QED) is 0.709. The third kappa shape index (κ3) is 2.53. The van der Waals surface area contributed by atoms with E-state index in [1.165, 1.54) is 6.07 Å². The van der Waals surface area contributed by atoms with Crippen molar-refractivity contribution in [2.45, 2.75) is 13.0 Å². The minimum Gasteiger partial charge on any atom is -0.320 e. The maximum atomic E-state index is 13.8. The molecule has 1 atom stereocenters. The summed E-state index contributed by atoms with van der Waals surface area (Å²) < 4.78 is 13.8. The summed E-state index contributed by atoms with van der Waals surface area (Å²) in [5.41, 5.74) is 8.66. The molecule has 106 valence electrons. The number of hydrogen-bond acceptors (Lipinski definition) is 1. The third-order valence-electron chi connectivity index (χ3n) is 3.79. The summed E-state index contributed by atoms with van der Waals surface area (Å²) in [6, 6.07) is 16.3. The van der Waals surface area contributed by atoms with E-state index in [4.69, 9.17) is 17.3 Å². The van der Waals surface area contributed by atoms with Gasteiger partial charge in [-0.3, -0.25) is 0 Å². The van der Waals surface area contributed by atoms with E-state index in [9.17, 15) is 4.39 Å². The molecule has 3 rings (SSSR count). The first-order valence-electron chi connectivity index (χ1n) is 6.76. The Hall–Kier alpha value is -1.90. The Morgan fingerprint density at radius 3 is 2.43 bits per heavy atom. The summed E-state index contributed by atoms with van der Waals surface area (Å²) in [7, 11) is 0. The molecule has 0 aromatic heterocycles. The zero-order chi connectivity index (χ0) is 15.0. The Labute approximate surface area is 128 Å². The highest BCUT2D eigenvalue weighted by Crippen LogP contribution is 2.32. The van der Waals surface area contributed by atoms with Crippen molar-refractivity contribution in [1.29, 1.82) is 0 Å². The van der Waals surface area contributed by atoms with Gasteiger partial charge in [-0.2, -0.15) is 0 Å². The largest absolute Gasteiger partial charge is 0.320 e. The molecule has 0 amide bonds. The van der Waals surface area contributed by atoms with Crippen molar-refractivity contribution in [2.75, 3.05) is 0 Å². The molecule has 0 heterocycles. The van der Waals surface area contributed by atoms with Crippen molar-refractivity contribution >= 4 is 22.4 Å². The van der Waals surface area contributed by atoms with E-state index < -0.39 is 0 Å². The first kappa shape index (κ1) is 14.1. The van der Waals surface area contributed by atoms with Crippen molar-refractivity contribution in [3.05, 3.63) is 82.1 Å². The Bertz CT molecular complexity index is 813. The zero-order valence-corrected chi connectivity index (χ0v) is 12.4. The molecule has 0 aliphatic carbocycles. The molecule has 0 aliphatic rings. The van der Waals surface area contributed by atoms with Crippen LogP contribution in [0.15, 0.2) is 54.6 Å². The third-order valence-corrected chi connectivity index (χ3v) is 4.12. The second-order valence-corrected chi connectivity index (χ2v) is 5.58. The van der Waals surface area contributed by atoms with Crippen molar-refractivity contribution in [3.63, 3.8) is 0 Å². The van der Waals surface area contributed by atoms with E-state index in [2.05, 4.69) is 0 Å². The second-order valence-electron chi connectivity index (χ2n) is 5.17. The number of hydrogen-bond donors (Lipinski definition) is 1. The lowest BCUT2D eigenvalue weighted by atomic mass is 9.94. The molecule has 0 saturated heterocycles. The molecule has 0 aliphatic heterocycles. The van der Waals surface area contributed by atoms with Crippen molar-refractivity contribution in [1.82, 2.24) is 0 Å². The summed E-state index contributed by atoms with van der Waals surface area (Å²) in [6.45, 7) is 1.74. The fourth-order valence-electron chi connectivity index (χ4n) is 2.54. The van der Waals surface area contributed by atoms with Gasteiger partial charge in [0.2, 0.25) is 0 Å². The molecule has 0 fully saturated rings. The summed E-state index contributed by atoms with van der Waals surface area (Å²) in [4.78, 5) is 0. The van der Waals surface area contributed by atoms with Crippen LogP contribution in [0.4, 0.5) is 4.39 Å². The van der Waals surface area contributed by atoms with Gasteiger partial charge in [-0.05, 0) is 41.1 Å². The van der Waals surface area contributed by atoms with Crippen LogP contribution in [-0.2, 0) is 0 Å². The van der Waals surface area contributed by atoms with Gasteiger partial charge in [0.1, 0.15) is 5.82 Å². The molecule has 2 N–H and O–H groups in total. The lowest BCUT2D eigenvalue weighted by molar-refractivity contribution is 0.614. The average molecular weight is 300 g/mol. The normalized spacial score (nSPS) is 12.6. The predicted molar refractivity (Wildman–Crippen MR) is 86.1 cm³/mol. The molecular weight excluding hydrogens is 285 g/mol. The molecule has 1 unspecified atom stereocenters. The molecule has 1 nitrogen and oxygen atoms in total. The second kappa shape index (κ2) is 5.47. The lowest BCUT2D eigenvalue weighted by Crippen LogP contribution is -2.12. The van der Waals surface area contributed by atoms with Crippen molar-refractivity contribution in [3.8, 4) is 0 Å². The molecule has 0 bridgehead atoms. The number of nitrogens with two attached hydrogens (primary N) is 1. The number of fused-ring (bicyclic) bond motifs is 1. The topological polar surface area (TPSA) is 26.0 Å². The molecular formula is C18H15ClFN. The molecule has 0 saturated carbocycles. The van der Waals surface area contributed by atoms with Gasteiger partial charge in [-0.25, -0.2) is 4.39 Å². The van der Waals surface area contributed by atoms with Gasteiger partial charge in [0.15, 0.2) is 0 Å². The van der Waals surface area contributed by atoms with E-state index >= 15 is 0 Å². The summed E-state index contributed by atoms with van der Waals surface area (Å²) in [5, 5.41) is 2.65. The Morgan fingerprint density at radius 1 is 1.00 bits per heavy atom. The summed E-state index contributed by atoms with van der Waals surface area (Å²) in [5.74, 6) is -0.235. The summed E-state index contributed by atoms with van der Waals surface area (Å²) in [6.07, 6.45) is 0. The fraction of sp³-hybridized carbons (Fsp3) is 0.111. The molecule has 3 aromatic rings. The Kier molecular flexibility index (Phi) is 3.66. The molecule has 3 heteroatoms. The highest BCUT2D eigenvalue weighted by Gasteiger charge is 2.14. The monoisotopic (exact) mass is 299 g/mol. The van der Waals surface area contributed by atoms with Crippen LogP contribution in [0.2, 0.25) is 5.02 Å². The average Bonchev–Trinajstić information content (AvgIpc) is 2.50. The predicted octanol–water partition coefficient (Wildman–Crippen LogP) is 4.99. The van der Waals surface area contributed by atoms with E-state index in [1.807, 2.05) is 42.5 Å². The van der Waals surface area contributed by atoms with E-state index in [0.29, 0.717) is 10.6 Å². The summed E-state index contributed by atoms with van der Waals surface area (Å²) >= 11 is 6.22. The van der Waals surface area contributed by atoms with Crippen LogP contribution in [-0.4, -0.2) is 0 Å². The SMILES string of the molecule is Cc1ccc(C(N)c2ccc(Cl)c3ccccc23)cc1F. The Balaban J connectivity index is 2.15. The van der Waals surface area contributed by atoms with E-state index in [-0.39, 0.29) is 11.9 Å². The van der Waals surface area contributed by atoms with Crippen LogP contribution >= 0.6 is 11.6 Å². The van der Waals surface area contributed by atoms with Gasteiger partial charge in [-0.15, -0.1) is 0 Å². The maximum absolute atomic E-state index is 13.8. The van der Waals surface area contributed by atoms with Crippen molar-refractivity contribution < 1.29 is 4.39 Å². The Morgan fingerprint density at radius 2 is 1.71 bits per heavy atom. The highest BCUT2D eigenvalue weighted by atomic mass is 35.5. The molecule has 0 spiro atoms. The minimum atomic E-state index is -0.387. The van der Waals surface area contributed by atoms with Crippen LogP contribution in [0.25, 0.3) is 10.8 Å². The maximum Gasteiger partial charge on any atom is 0.126 e. The highest BCUT2D eigenvalue weighted by molar-refractivity contribution is 6.35. The van der Waals surface area contributed by atoms with Gasteiger partial charge in [0.05, 0.1) is 6.04 Å². The first-order valence-corrected chi connectivity index (χ1v) is 7.14. The van der Waals surface area contributed by atoms with Gasteiger partial charge < -0.3 is 5.73 Å². The van der Waals surface area contributed by atoms with E-state index in [0.717, 1.165) is 21.9 Å². The van der Waals surface area contributed by atoms with Gasteiger partial charge in [-0.1, -0.05) is 54.1 Å². The van der Waals surface area contributed by atoms with Crippen LogP contribution in [0.1, 0.15) is 22.7 Å². The number of halogens is 2. The standard InChI is InChI=1S/C18H15ClFN/c1-11-6-7-12(10-17(11)20)18(21)15-8-9-16(19)14-5-3-2-4-13(14)15/h2-10,18H,21H2,1H3. The number of benzene rings is 3. The van der Waals surface area contributed by atoms with Gasteiger partial charge >= 0.3 is 0 Å². The molecule has 3 aromatic carbocycles. The van der Waals surface area contributed by atoms with Gasteiger partial charge in [0, 0.05) is 10.4 Å². The van der Waals surface area contributed by atoms with Gasteiger partial charge in [0.25, 0.3) is 0 Å². The zero-order valence-electron chi connectivity index (χ0n) is 11.6. The van der Waals surface area contributed by atoms with Crippen LogP contribution < -0.4 is 5.73 Å². The smallest absolute Gasteiger partial charge is 0.126 e. The first-order chi connectivity index (χ1) is 10.1. The fourth-order valence-corrected chi connectivity index (χ4v) is 2.77. The number of aryl methyl sites for hydroxylation is 1. The number of rotatable bonds is 2.